The first kappa shape index (κ1) is 14.8. The monoisotopic (exact) mass is 411 g/mol. The fourth-order valence-electron chi connectivity index (χ4n) is 2.38. The van der Waals surface area contributed by atoms with Crippen molar-refractivity contribution < 1.29 is 4.74 Å². The van der Waals surface area contributed by atoms with Crippen LogP contribution in [0.4, 0.5) is 5.95 Å². The SMILES string of the molecule is Brc1cnc(N2CCC(Oc3cccc(Br)c3)CC2)nc1. The molecule has 0 amide bonds. The summed E-state index contributed by atoms with van der Waals surface area (Å²) in [5, 5.41) is 0. The number of aromatic nitrogens is 2. The van der Waals surface area contributed by atoms with E-state index >= 15 is 0 Å². The molecule has 1 fully saturated rings. The maximum Gasteiger partial charge on any atom is 0.225 e. The Morgan fingerprint density at radius 2 is 1.76 bits per heavy atom. The minimum Gasteiger partial charge on any atom is -0.490 e. The molecule has 0 N–H and O–H groups in total. The minimum atomic E-state index is 0.256. The molecule has 0 spiro atoms. The number of halogens is 2. The summed E-state index contributed by atoms with van der Waals surface area (Å²) in [6.07, 6.45) is 5.78. The molecule has 4 nitrogen and oxygen atoms in total. The molecule has 1 aromatic carbocycles. The van der Waals surface area contributed by atoms with Crippen LogP contribution >= 0.6 is 31.9 Å². The Kier molecular flexibility index (Phi) is 4.75. The van der Waals surface area contributed by atoms with Crippen molar-refractivity contribution in [3.63, 3.8) is 0 Å². The number of piperidine rings is 1. The molecular formula is C15H15Br2N3O. The number of benzene rings is 1. The molecule has 2 aromatic rings. The third kappa shape index (κ3) is 3.95. The normalized spacial score (nSPS) is 16.0. The molecule has 2 heterocycles. The second-order valence-corrected chi connectivity index (χ2v) is 6.79. The van der Waals surface area contributed by atoms with Crippen molar-refractivity contribution in [1.29, 1.82) is 0 Å². The van der Waals surface area contributed by atoms with Gasteiger partial charge in [0.25, 0.3) is 0 Å². The van der Waals surface area contributed by atoms with Crippen LogP contribution in [0, 0.1) is 0 Å². The zero-order valence-electron chi connectivity index (χ0n) is 11.4. The van der Waals surface area contributed by atoms with Crippen molar-refractivity contribution in [1.82, 2.24) is 9.97 Å². The lowest BCUT2D eigenvalue weighted by Gasteiger charge is -2.32. The summed E-state index contributed by atoms with van der Waals surface area (Å²) >= 11 is 6.82. The number of nitrogens with zero attached hydrogens (tertiary/aromatic N) is 3. The average molecular weight is 413 g/mol. The lowest BCUT2D eigenvalue weighted by molar-refractivity contribution is 0.170. The van der Waals surface area contributed by atoms with Gasteiger partial charge in [-0.05, 0) is 34.1 Å². The van der Waals surface area contributed by atoms with Gasteiger partial charge in [-0.1, -0.05) is 22.0 Å². The molecule has 6 heteroatoms. The van der Waals surface area contributed by atoms with Gasteiger partial charge in [-0.15, -0.1) is 0 Å². The van der Waals surface area contributed by atoms with E-state index in [1.807, 2.05) is 24.3 Å². The summed E-state index contributed by atoms with van der Waals surface area (Å²) < 4.78 is 7.98. The van der Waals surface area contributed by atoms with Crippen LogP contribution < -0.4 is 9.64 Å². The maximum atomic E-state index is 6.03. The Morgan fingerprint density at radius 3 is 2.43 bits per heavy atom. The highest BCUT2D eigenvalue weighted by molar-refractivity contribution is 9.10. The van der Waals surface area contributed by atoms with Gasteiger partial charge in [0.15, 0.2) is 0 Å². The van der Waals surface area contributed by atoms with Gasteiger partial charge in [0.05, 0.1) is 4.47 Å². The molecule has 110 valence electrons. The van der Waals surface area contributed by atoms with Gasteiger partial charge in [0.2, 0.25) is 5.95 Å². The largest absolute Gasteiger partial charge is 0.490 e. The highest BCUT2D eigenvalue weighted by atomic mass is 79.9. The lowest BCUT2D eigenvalue weighted by atomic mass is 10.1. The van der Waals surface area contributed by atoms with Crippen LogP contribution in [0.15, 0.2) is 45.6 Å². The second kappa shape index (κ2) is 6.75. The first-order chi connectivity index (χ1) is 10.2. The third-order valence-electron chi connectivity index (χ3n) is 3.43. The van der Waals surface area contributed by atoms with Crippen LogP contribution in [0.3, 0.4) is 0 Å². The van der Waals surface area contributed by atoms with E-state index in [0.29, 0.717) is 0 Å². The molecule has 1 saturated heterocycles. The Bertz CT molecular complexity index is 598. The summed E-state index contributed by atoms with van der Waals surface area (Å²) in [4.78, 5) is 10.9. The zero-order chi connectivity index (χ0) is 14.7. The minimum absolute atomic E-state index is 0.256. The Hall–Kier alpha value is -1.14. The van der Waals surface area contributed by atoms with Gasteiger partial charge in [-0.2, -0.15) is 0 Å². The van der Waals surface area contributed by atoms with Gasteiger partial charge in [-0.3, -0.25) is 0 Å². The first-order valence-electron chi connectivity index (χ1n) is 6.85. The summed E-state index contributed by atoms with van der Waals surface area (Å²) in [7, 11) is 0. The Morgan fingerprint density at radius 1 is 1.05 bits per heavy atom. The highest BCUT2D eigenvalue weighted by Crippen LogP contribution is 2.23. The number of ether oxygens (including phenoxy) is 1. The second-order valence-electron chi connectivity index (χ2n) is 4.96. The summed E-state index contributed by atoms with van der Waals surface area (Å²) in [5.41, 5.74) is 0. The van der Waals surface area contributed by atoms with Crippen LogP contribution in [-0.4, -0.2) is 29.2 Å². The van der Waals surface area contributed by atoms with Crippen LogP contribution in [0.5, 0.6) is 5.75 Å². The quantitative estimate of drug-likeness (QED) is 0.762. The number of rotatable bonds is 3. The maximum absolute atomic E-state index is 6.03. The van der Waals surface area contributed by atoms with Gasteiger partial charge >= 0.3 is 0 Å². The summed E-state index contributed by atoms with van der Waals surface area (Å²) in [5.74, 6) is 1.71. The molecule has 0 radical (unpaired) electrons. The molecule has 0 saturated carbocycles. The molecule has 1 aromatic heterocycles. The van der Waals surface area contributed by atoms with Crippen molar-refractivity contribution in [2.75, 3.05) is 18.0 Å². The van der Waals surface area contributed by atoms with E-state index < -0.39 is 0 Å². The summed E-state index contributed by atoms with van der Waals surface area (Å²) in [6, 6.07) is 7.99. The van der Waals surface area contributed by atoms with E-state index in [9.17, 15) is 0 Å². The van der Waals surface area contributed by atoms with E-state index in [1.165, 1.54) is 0 Å². The van der Waals surface area contributed by atoms with Crippen LogP contribution in [0.1, 0.15) is 12.8 Å². The molecule has 1 aliphatic heterocycles. The van der Waals surface area contributed by atoms with Crippen molar-refractivity contribution in [3.05, 3.63) is 45.6 Å². The Labute approximate surface area is 140 Å². The van der Waals surface area contributed by atoms with Crippen molar-refractivity contribution in [2.45, 2.75) is 18.9 Å². The van der Waals surface area contributed by atoms with Crippen molar-refractivity contribution in [3.8, 4) is 5.75 Å². The molecule has 0 atom stereocenters. The standard InChI is InChI=1S/C15H15Br2N3O/c16-11-2-1-3-14(8-11)21-13-4-6-20(7-5-13)15-18-9-12(17)10-19-15/h1-3,8-10,13H,4-7H2. The molecule has 0 unspecified atom stereocenters. The summed E-state index contributed by atoms with van der Waals surface area (Å²) in [6.45, 7) is 1.83. The number of hydrogen-bond donors (Lipinski definition) is 0. The van der Waals surface area contributed by atoms with E-state index in [0.717, 1.165) is 46.6 Å². The predicted octanol–water partition coefficient (Wildman–Crippen LogP) is 4.05. The van der Waals surface area contributed by atoms with Crippen molar-refractivity contribution in [2.24, 2.45) is 0 Å². The van der Waals surface area contributed by atoms with Gasteiger partial charge in [-0.25, -0.2) is 9.97 Å². The van der Waals surface area contributed by atoms with Gasteiger partial charge < -0.3 is 9.64 Å². The number of anilines is 1. The van der Waals surface area contributed by atoms with Crippen LogP contribution in [0.25, 0.3) is 0 Å². The van der Waals surface area contributed by atoms with Gasteiger partial charge in [0.1, 0.15) is 11.9 Å². The fourth-order valence-corrected chi connectivity index (χ4v) is 2.96. The van der Waals surface area contributed by atoms with E-state index in [1.54, 1.807) is 12.4 Å². The molecule has 0 aliphatic carbocycles. The van der Waals surface area contributed by atoms with Gasteiger partial charge in [0, 0.05) is 42.8 Å². The zero-order valence-corrected chi connectivity index (χ0v) is 14.5. The first-order valence-corrected chi connectivity index (χ1v) is 8.44. The molecule has 0 bridgehead atoms. The lowest BCUT2D eigenvalue weighted by Crippen LogP contribution is -2.39. The molecule has 21 heavy (non-hydrogen) atoms. The van der Waals surface area contributed by atoms with Crippen LogP contribution in [0.2, 0.25) is 0 Å². The highest BCUT2D eigenvalue weighted by Gasteiger charge is 2.22. The third-order valence-corrected chi connectivity index (χ3v) is 4.33. The molecule has 3 rings (SSSR count). The van der Waals surface area contributed by atoms with E-state index in [2.05, 4.69) is 46.7 Å². The van der Waals surface area contributed by atoms with E-state index in [4.69, 9.17) is 4.74 Å². The van der Waals surface area contributed by atoms with E-state index in [-0.39, 0.29) is 6.10 Å². The molecule has 1 aliphatic rings. The smallest absolute Gasteiger partial charge is 0.225 e. The Balaban J connectivity index is 1.56. The van der Waals surface area contributed by atoms with Crippen LogP contribution in [-0.2, 0) is 0 Å². The number of hydrogen-bond acceptors (Lipinski definition) is 4. The predicted molar refractivity (Wildman–Crippen MR) is 89.7 cm³/mol. The molecular weight excluding hydrogens is 398 g/mol. The van der Waals surface area contributed by atoms with Crippen molar-refractivity contribution >= 4 is 37.8 Å². The average Bonchev–Trinajstić information content (AvgIpc) is 2.49. The fraction of sp³-hybridized carbons (Fsp3) is 0.333. The topological polar surface area (TPSA) is 38.2 Å².